The summed E-state index contributed by atoms with van der Waals surface area (Å²) in [5.74, 6) is 0.202. The summed E-state index contributed by atoms with van der Waals surface area (Å²) < 4.78 is 0. The van der Waals surface area contributed by atoms with Crippen LogP contribution in [0.25, 0.3) is 0 Å². The van der Waals surface area contributed by atoms with Crippen LogP contribution in [-0.2, 0) is 6.42 Å². The highest BCUT2D eigenvalue weighted by molar-refractivity contribution is 7.01. The molecular formula is C22H22OSi. The van der Waals surface area contributed by atoms with Crippen LogP contribution in [0.15, 0.2) is 84.9 Å². The summed E-state index contributed by atoms with van der Waals surface area (Å²) in [6.07, 6.45) is 0.455. The Morgan fingerprint density at radius 3 is 1.96 bits per heavy atom. The van der Waals surface area contributed by atoms with E-state index in [2.05, 4.69) is 43.4 Å². The normalized spacial score (nSPS) is 11.2. The van der Waals surface area contributed by atoms with Crippen molar-refractivity contribution < 1.29 is 4.79 Å². The second kappa shape index (κ2) is 6.98. The molecular weight excluding hydrogens is 308 g/mol. The Morgan fingerprint density at radius 1 is 0.750 bits per heavy atom. The van der Waals surface area contributed by atoms with E-state index in [4.69, 9.17) is 0 Å². The van der Waals surface area contributed by atoms with Crippen LogP contribution in [0.2, 0.25) is 13.1 Å². The highest BCUT2D eigenvalue weighted by Gasteiger charge is 2.29. The van der Waals surface area contributed by atoms with E-state index in [0.29, 0.717) is 6.42 Å². The Hall–Kier alpha value is -2.45. The molecule has 0 aliphatic carbocycles. The van der Waals surface area contributed by atoms with Crippen LogP contribution < -0.4 is 10.4 Å². The van der Waals surface area contributed by atoms with Crippen molar-refractivity contribution in [2.45, 2.75) is 19.5 Å². The van der Waals surface area contributed by atoms with Gasteiger partial charge in [-0.05, 0) is 10.8 Å². The molecule has 0 heterocycles. The van der Waals surface area contributed by atoms with Crippen molar-refractivity contribution in [1.29, 1.82) is 0 Å². The first-order valence-electron chi connectivity index (χ1n) is 8.31. The lowest BCUT2D eigenvalue weighted by Gasteiger charge is -2.26. The van der Waals surface area contributed by atoms with Gasteiger partial charge in [-0.1, -0.05) is 103 Å². The first-order valence-corrected chi connectivity index (χ1v) is 11.3. The maximum absolute atomic E-state index is 12.9. The van der Waals surface area contributed by atoms with E-state index in [-0.39, 0.29) is 5.78 Å². The topological polar surface area (TPSA) is 17.1 Å². The summed E-state index contributed by atoms with van der Waals surface area (Å²) >= 11 is 0. The Labute approximate surface area is 145 Å². The van der Waals surface area contributed by atoms with Crippen molar-refractivity contribution in [2.24, 2.45) is 0 Å². The molecule has 0 spiro atoms. The smallest absolute Gasteiger partial charge is 0.167 e. The maximum Gasteiger partial charge on any atom is 0.167 e. The largest absolute Gasteiger partial charge is 0.294 e. The molecule has 1 nitrogen and oxygen atoms in total. The first-order chi connectivity index (χ1) is 11.6. The van der Waals surface area contributed by atoms with Crippen LogP contribution in [0, 0.1) is 0 Å². The summed E-state index contributed by atoms with van der Waals surface area (Å²) in [5.41, 5.74) is 1.94. The average Bonchev–Trinajstić information content (AvgIpc) is 2.63. The molecule has 0 fully saturated rings. The second-order valence-electron chi connectivity index (χ2n) is 6.62. The Bertz CT molecular complexity index is 823. The molecule has 3 rings (SSSR count). The monoisotopic (exact) mass is 330 g/mol. The zero-order valence-electron chi connectivity index (χ0n) is 14.2. The summed E-state index contributed by atoms with van der Waals surface area (Å²) in [6.45, 7) is 4.63. The lowest BCUT2D eigenvalue weighted by molar-refractivity contribution is 0.0994. The number of Topliss-reactive ketones (excluding diaryl/α,β-unsaturated/α-hetero) is 1. The predicted octanol–water partition coefficient (Wildman–Crippen LogP) is 3.93. The van der Waals surface area contributed by atoms with E-state index in [1.54, 1.807) is 0 Å². The minimum Gasteiger partial charge on any atom is -0.294 e. The van der Waals surface area contributed by atoms with Crippen LogP contribution in [0.5, 0.6) is 0 Å². The third-order valence-corrected chi connectivity index (χ3v) is 8.16. The Balaban J connectivity index is 1.98. The highest BCUT2D eigenvalue weighted by atomic mass is 28.3. The highest BCUT2D eigenvalue weighted by Crippen LogP contribution is 2.12. The van der Waals surface area contributed by atoms with Gasteiger partial charge in [0, 0.05) is 12.0 Å². The van der Waals surface area contributed by atoms with Crippen molar-refractivity contribution in [3.63, 3.8) is 0 Å². The number of ketones is 1. The fourth-order valence-electron chi connectivity index (χ4n) is 3.16. The molecule has 0 radical (unpaired) electrons. The van der Waals surface area contributed by atoms with E-state index in [0.717, 1.165) is 11.1 Å². The first kappa shape index (κ1) is 16.4. The van der Waals surface area contributed by atoms with Crippen LogP contribution in [0.1, 0.15) is 15.9 Å². The Morgan fingerprint density at radius 2 is 1.29 bits per heavy atom. The van der Waals surface area contributed by atoms with Gasteiger partial charge in [-0.25, -0.2) is 0 Å². The van der Waals surface area contributed by atoms with Crippen LogP contribution in [0.4, 0.5) is 0 Å². The van der Waals surface area contributed by atoms with Gasteiger partial charge in [0.25, 0.3) is 0 Å². The molecule has 0 saturated heterocycles. The quantitative estimate of drug-likeness (QED) is 0.512. The van der Waals surface area contributed by atoms with Gasteiger partial charge in [0.2, 0.25) is 0 Å². The number of carbonyl (C=O) groups excluding carboxylic acids is 1. The molecule has 0 saturated carbocycles. The van der Waals surface area contributed by atoms with Crippen molar-refractivity contribution in [3.8, 4) is 0 Å². The van der Waals surface area contributed by atoms with Crippen LogP contribution >= 0.6 is 0 Å². The molecule has 0 N–H and O–H groups in total. The van der Waals surface area contributed by atoms with Gasteiger partial charge < -0.3 is 0 Å². The third kappa shape index (κ3) is 3.39. The predicted molar refractivity (Wildman–Crippen MR) is 104 cm³/mol. The van der Waals surface area contributed by atoms with E-state index >= 15 is 0 Å². The molecule has 2 heteroatoms. The summed E-state index contributed by atoms with van der Waals surface area (Å²) in [7, 11) is -1.90. The molecule has 0 aromatic heterocycles. The SMILES string of the molecule is C[Si](C)(c1ccccc1)c1ccccc1C(=O)Cc1ccccc1. The Kier molecular flexibility index (Phi) is 4.77. The van der Waals surface area contributed by atoms with Crippen LogP contribution in [-0.4, -0.2) is 13.9 Å². The summed E-state index contributed by atoms with van der Waals surface area (Å²) in [4.78, 5) is 12.9. The third-order valence-electron chi connectivity index (χ3n) is 4.60. The average molecular weight is 331 g/mol. The molecule has 3 aromatic rings. The zero-order valence-corrected chi connectivity index (χ0v) is 15.2. The lowest BCUT2D eigenvalue weighted by atomic mass is 10.0. The second-order valence-corrected chi connectivity index (χ2v) is 11.0. The van der Waals surface area contributed by atoms with Crippen molar-refractivity contribution in [1.82, 2.24) is 0 Å². The van der Waals surface area contributed by atoms with E-state index in [9.17, 15) is 4.79 Å². The lowest BCUT2D eigenvalue weighted by Crippen LogP contribution is -2.54. The molecule has 0 atom stereocenters. The van der Waals surface area contributed by atoms with Crippen molar-refractivity contribution in [2.75, 3.05) is 0 Å². The number of carbonyl (C=O) groups is 1. The van der Waals surface area contributed by atoms with Gasteiger partial charge in [-0.15, -0.1) is 0 Å². The molecule has 120 valence electrons. The van der Waals surface area contributed by atoms with Gasteiger partial charge in [0.15, 0.2) is 5.78 Å². The minimum absolute atomic E-state index is 0.202. The zero-order chi connectivity index (χ0) is 17.0. The van der Waals surface area contributed by atoms with Gasteiger partial charge in [0.1, 0.15) is 8.07 Å². The number of benzene rings is 3. The standard InChI is InChI=1S/C22H22OSi/c1-24(2,19-13-7-4-8-14-19)22-16-10-9-15-20(22)21(23)17-18-11-5-3-6-12-18/h3-16H,17H2,1-2H3. The molecule has 0 amide bonds. The molecule has 0 aliphatic rings. The molecule has 24 heavy (non-hydrogen) atoms. The molecule has 0 unspecified atom stereocenters. The van der Waals surface area contributed by atoms with Crippen LogP contribution in [0.3, 0.4) is 0 Å². The fraction of sp³-hybridized carbons (Fsp3) is 0.136. The minimum atomic E-state index is -1.90. The summed E-state index contributed by atoms with van der Waals surface area (Å²) in [5, 5.41) is 2.57. The van der Waals surface area contributed by atoms with Crippen molar-refractivity contribution >= 4 is 24.2 Å². The van der Waals surface area contributed by atoms with Gasteiger partial charge in [-0.2, -0.15) is 0 Å². The summed E-state index contributed by atoms with van der Waals surface area (Å²) in [6, 6.07) is 28.7. The van der Waals surface area contributed by atoms with E-state index in [1.807, 2.05) is 54.6 Å². The molecule has 0 bridgehead atoms. The van der Waals surface area contributed by atoms with Gasteiger partial charge >= 0.3 is 0 Å². The fourth-order valence-corrected chi connectivity index (χ4v) is 5.90. The van der Waals surface area contributed by atoms with Gasteiger partial charge in [-0.3, -0.25) is 4.79 Å². The number of rotatable bonds is 5. The van der Waals surface area contributed by atoms with E-state index < -0.39 is 8.07 Å². The van der Waals surface area contributed by atoms with Gasteiger partial charge in [0.05, 0.1) is 0 Å². The van der Waals surface area contributed by atoms with Crippen molar-refractivity contribution in [3.05, 3.63) is 96.1 Å². The molecule has 0 aliphatic heterocycles. The molecule has 3 aromatic carbocycles. The maximum atomic E-state index is 12.9. The number of hydrogen-bond acceptors (Lipinski definition) is 1. The number of hydrogen-bond donors (Lipinski definition) is 0. The van der Waals surface area contributed by atoms with E-state index in [1.165, 1.54) is 10.4 Å².